The first kappa shape index (κ1) is 28.4. The van der Waals surface area contributed by atoms with Gasteiger partial charge < -0.3 is 37.0 Å². The third-order valence-corrected chi connectivity index (χ3v) is 5.27. The summed E-state index contributed by atoms with van der Waals surface area (Å²) in [4.78, 5) is 59.3. The number of nitrogens with one attached hydrogen (secondary N) is 3. The van der Waals surface area contributed by atoms with Gasteiger partial charge in [0, 0.05) is 12.8 Å². The molecule has 188 valence electrons. The lowest BCUT2D eigenvalue weighted by atomic mass is 9.98. The molecule has 4 unspecified atom stereocenters. The molecule has 0 heterocycles. The van der Waals surface area contributed by atoms with Crippen molar-refractivity contribution in [2.24, 2.45) is 11.7 Å². The van der Waals surface area contributed by atoms with Gasteiger partial charge in [0.1, 0.15) is 17.8 Å². The second kappa shape index (κ2) is 13.8. The second-order valence-electron chi connectivity index (χ2n) is 7.95. The van der Waals surface area contributed by atoms with Crippen molar-refractivity contribution < 1.29 is 39.3 Å². The highest BCUT2D eigenvalue weighted by Gasteiger charge is 2.27. The maximum atomic E-state index is 12.8. The molecule has 0 saturated heterocycles. The quantitative estimate of drug-likeness (QED) is 0.180. The molecule has 0 aliphatic carbocycles. The highest BCUT2D eigenvalue weighted by molar-refractivity contribution is 5.92. The number of phenolic OH excluding ortho intramolecular Hbond substituents is 1. The molecule has 0 radical (unpaired) electrons. The number of carbonyl (C=O) groups excluding carboxylic acids is 3. The van der Waals surface area contributed by atoms with Gasteiger partial charge >= 0.3 is 11.9 Å². The number of hydrogen-bond donors (Lipinski definition) is 7. The molecule has 8 N–H and O–H groups in total. The number of benzene rings is 1. The van der Waals surface area contributed by atoms with E-state index in [1.54, 1.807) is 19.1 Å². The molecule has 4 atom stereocenters. The minimum absolute atomic E-state index is 0.0279. The largest absolute Gasteiger partial charge is 0.508 e. The Morgan fingerprint density at radius 3 is 2.12 bits per heavy atom. The molecule has 0 aliphatic rings. The molecule has 1 aromatic rings. The van der Waals surface area contributed by atoms with Gasteiger partial charge in [-0.3, -0.25) is 19.2 Å². The molecular formula is C22H32N4O8. The first-order chi connectivity index (χ1) is 15.9. The number of carboxylic acids is 2. The highest BCUT2D eigenvalue weighted by atomic mass is 16.4. The summed E-state index contributed by atoms with van der Waals surface area (Å²) >= 11 is 0. The van der Waals surface area contributed by atoms with Crippen molar-refractivity contribution in [3.8, 4) is 5.75 Å². The van der Waals surface area contributed by atoms with Gasteiger partial charge in [-0.25, -0.2) is 4.79 Å². The van der Waals surface area contributed by atoms with E-state index in [9.17, 15) is 29.1 Å². The molecule has 0 spiro atoms. The summed E-state index contributed by atoms with van der Waals surface area (Å²) in [6.07, 6.45) is -0.0859. The number of nitrogens with two attached hydrogens (primary N) is 1. The van der Waals surface area contributed by atoms with Crippen LogP contribution in [-0.4, -0.2) is 69.7 Å². The number of aromatic hydroxyl groups is 1. The van der Waals surface area contributed by atoms with Crippen LogP contribution >= 0.6 is 0 Å². The summed E-state index contributed by atoms with van der Waals surface area (Å²) in [7, 11) is 0. The van der Waals surface area contributed by atoms with Crippen molar-refractivity contribution in [1.82, 2.24) is 16.0 Å². The molecule has 12 heteroatoms. The van der Waals surface area contributed by atoms with Crippen molar-refractivity contribution in [3.63, 3.8) is 0 Å². The Balaban J connectivity index is 2.84. The van der Waals surface area contributed by atoms with Crippen molar-refractivity contribution in [3.05, 3.63) is 29.8 Å². The van der Waals surface area contributed by atoms with Gasteiger partial charge in [0.2, 0.25) is 17.7 Å². The first-order valence-electron chi connectivity index (χ1n) is 10.8. The first-order valence-corrected chi connectivity index (χ1v) is 10.8. The monoisotopic (exact) mass is 480 g/mol. The van der Waals surface area contributed by atoms with Crippen LogP contribution < -0.4 is 21.7 Å². The summed E-state index contributed by atoms with van der Waals surface area (Å²) in [5.74, 6) is -4.81. The molecule has 3 amide bonds. The van der Waals surface area contributed by atoms with E-state index in [0.29, 0.717) is 12.0 Å². The van der Waals surface area contributed by atoms with Gasteiger partial charge in [-0.15, -0.1) is 0 Å². The lowest BCUT2D eigenvalue weighted by Gasteiger charge is -2.23. The van der Waals surface area contributed by atoms with Crippen molar-refractivity contribution >= 4 is 29.7 Å². The number of phenols is 1. The number of carboxylic acid groups (broad SMARTS) is 2. The summed E-state index contributed by atoms with van der Waals surface area (Å²) < 4.78 is 0. The third-order valence-electron chi connectivity index (χ3n) is 5.27. The summed E-state index contributed by atoms with van der Waals surface area (Å²) in [5, 5.41) is 34.3. The lowest BCUT2D eigenvalue weighted by molar-refractivity contribution is -0.143. The maximum Gasteiger partial charge on any atom is 0.326 e. The molecule has 12 nitrogen and oxygen atoms in total. The van der Waals surface area contributed by atoms with E-state index >= 15 is 0 Å². The van der Waals surface area contributed by atoms with Gasteiger partial charge in [0.25, 0.3) is 0 Å². The minimum atomic E-state index is -1.43. The average Bonchev–Trinajstić information content (AvgIpc) is 2.79. The Bertz CT molecular complexity index is 874. The molecule has 0 saturated carbocycles. The van der Waals surface area contributed by atoms with Crippen LogP contribution in [0.4, 0.5) is 0 Å². The lowest BCUT2D eigenvalue weighted by Crippen LogP contribution is -2.55. The van der Waals surface area contributed by atoms with Gasteiger partial charge in [0.15, 0.2) is 0 Å². The predicted molar refractivity (Wildman–Crippen MR) is 121 cm³/mol. The molecule has 0 fully saturated rings. The number of hydrogen-bond acceptors (Lipinski definition) is 7. The Hall–Kier alpha value is -3.67. The van der Waals surface area contributed by atoms with E-state index in [4.69, 9.17) is 15.9 Å². The standard InChI is InChI=1S/C22H32N4O8/c1-3-12(2)19(23)21(32)26-16(10-13-4-6-14(27)7-5-13)20(31)24-11-17(28)25-15(22(33)34)8-9-18(29)30/h4-7,12,15-16,19,27H,3,8-11,23H2,1-2H3,(H,24,31)(H,25,28)(H,26,32)(H,29,30)(H,33,34). The van der Waals surface area contributed by atoms with E-state index in [0.717, 1.165) is 0 Å². The van der Waals surface area contributed by atoms with E-state index < -0.39 is 60.8 Å². The zero-order valence-corrected chi connectivity index (χ0v) is 19.1. The van der Waals surface area contributed by atoms with E-state index in [1.165, 1.54) is 12.1 Å². The second-order valence-corrected chi connectivity index (χ2v) is 7.95. The van der Waals surface area contributed by atoms with Crippen LogP contribution in [0.15, 0.2) is 24.3 Å². The number of rotatable bonds is 14. The van der Waals surface area contributed by atoms with Gasteiger partial charge in [-0.1, -0.05) is 32.4 Å². The normalized spacial score (nSPS) is 14.2. The van der Waals surface area contributed by atoms with Crippen molar-refractivity contribution in [2.45, 2.75) is 57.7 Å². The third kappa shape index (κ3) is 9.86. The maximum absolute atomic E-state index is 12.8. The summed E-state index contributed by atoms with van der Waals surface area (Å²) in [6.45, 7) is 3.08. The Labute approximate surface area is 196 Å². The molecule has 0 aromatic heterocycles. The van der Waals surface area contributed by atoms with E-state index in [-0.39, 0.29) is 24.5 Å². The highest BCUT2D eigenvalue weighted by Crippen LogP contribution is 2.12. The van der Waals surface area contributed by atoms with Gasteiger partial charge in [0.05, 0.1) is 12.6 Å². The molecule has 1 aromatic carbocycles. The molecule has 34 heavy (non-hydrogen) atoms. The molecular weight excluding hydrogens is 448 g/mol. The SMILES string of the molecule is CCC(C)C(N)C(=O)NC(Cc1ccc(O)cc1)C(=O)NCC(=O)NC(CCC(=O)O)C(=O)O. The smallest absolute Gasteiger partial charge is 0.326 e. The van der Waals surface area contributed by atoms with Crippen LogP contribution in [0.2, 0.25) is 0 Å². The molecule has 1 rings (SSSR count). The van der Waals surface area contributed by atoms with E-state index in [2.05, 4.69) is 16.0 Å². The van der Waals surface area contributed by atoms with Crippen molar-refractivity contribution in [1.29, 1.82) is 0 Å². The fourth-order valence-electron chi connectivity index (χ4n) is 2.92. The van der Waals surface area contributed by atoms with Crippen LogP contribution in [-0.2, 0) is 30.4 Å². The fraction of sp³-hybridized carbons (Fsp3) is 0.500. The van der Waals surface area contributed by atoms with Crippen LogP contribution in [0, 0.1) is 5.92 Å². The predicted octanol–water partition coefficient (Wildman–Crippen LogP) is -0.657. The van der Waals surface area contributed by atoms with Crippen LogP contribution in [0.25, 0.3) is 0 Å². The average molecular weight is 481 g/mol. The number of aliphatic carboxylic acids is 2. The van der Waals surface area contributed by atoms with Crippen LogP contribution in [0.5, 0.6) is 5.75 Å². The Morgan fingerprint density at radius 1 is 0.971 bits per heavy atom. The van der Waals surface area contributed by atoms with Crippen LogP contribution in [0.3, 0.4) is 0 Å². The molecule has 0 bridgehead atoms. The summed E-state index contributed by atoms with van der Waals surface area (Å²) in [5.41, 5.74) is 6.57. The minimum Gasteiger partial charge on any atom is -0.508 e. The van der Waals surface area contributed by atoms with Gasteiger partial charge in [-0.2, -0.15) is 0 Å². The molecule has 0 aliphatic heterocycles. The number of amides is 3. The fourth-order valence-corrected chi connectivity index (χ4v) is 2.92. The summed E-state index contributed by atoms with van der Waals surface area (Å²) in [6, 6.07) is 2.62. The van der Waals surface area contributed by atoms with E-state index in [1.807, 2.05) is 6.92 Å². The number of carbonyl (C=O) groups is 5. The van der Waals surface area contributed by atoms with Gasteiger partial charge in [-0.05, 0) is 30.0 Å². The Kier molecular flexibility index (Phi) is 11.5. The Morgan fingerprint density at radius 2 is 1.59 bits per heavy atom. The van der Waals surface area contributed by atoms with Crippen LogP contribution in [0.1, 0.15) is 38.7 Å². The van der Waals surface area contributed by atoms with Crippen molar-refractivity contribution in [2.75, 3.05) is 6.54 Å². The topological polar surface area (TPSA) is 208 Å². The zero-order chi connectivity index (χ0) is 25.8. The zero-order valence-electron chi connectivity index (χ0n) is 19.1.